The Hall–Kier alpha value is -6.24. The van der Waals surface area contributed by atoms with Crippen molar-refractivity contribution < 1.29 is 0 Å². The molecule has 0 nitrogen and oxygen atoms in total. The molecular weight excluding hydrogens is 601 g/mol. The summed E-state index contributed by atoms with van der Waals surface area (Å²) in [5.41, 5.74) is 11.0. The predicted molar refractivity (Wildman–Crippen MR) is 216 cm³/mol. The lowest BCUT2D eigenvalue weighted by Crippen LogP contribution is -2.05. The molecule has 0 unspecified atom stereocenters. The Morgan fingerprint density at radius 2 is 0.900 bits per heavy atom. The molecule has 0 heteroatoms. The summed E-state index contributed by atoms with van der Waals surface area (Å²) in [4.78, 5) is 0. The average molecular weight is 631 g/mol. The zero-order valence-corrected chi connectivity index (χ0v) is 27.4. The Balaban J connectivity index is 1.27. The summed E-state index contributed by atoms with van der Waals surface area (Å²) >= 11 is 0. The van der Waals surface area contributed by atoms with E-state index in [0.29, 0.717) is 0 Å². The summed E-state index contributed by atoms with van der Waals surface area (Å²) in [5.74, 6) is 0. The van der Waals surface area contributed by atoms with Gasteiger partial charge in [-0.1, -0.05) is 146 Å². The minimum absolute atomic E-state index is 0.979. The van der Waals surface area contributed by atoms with Crippen molar-refractivity contribution in [2.75, 3.05) is 0 Å². The van der Waals surface area contributed by atoms with E-state index in [4.69, 9.17) is 0 Å². The fourth-order valence-electron chi connectivity index (χ4n) is 9.63. The first-order valence-corrected chi connectivity index (χ1v) is 17.8. The van der Waals surface area contributed by atoms with Crippen LogP contribution >= 0.6 is 0 Å². The average Bonchev–Trinajstić information content (AvgIpc) is 3.17. The van der Waals surface area contributed by atoms with Crippen molar-refractivity contribution in [1.82, 2.24) is 0 Å². The fraction of sp³-hybridized carbons (Fsp3) is 0.0400. The van der Waals surface area contributed by atoms with Gasteiger partial charge in [-0.3, -0.25) is 0 Å². The van der Waals surface area contributed by atoms with Crippen LogP contribution in [0.25, 0.3) is 103 Å². The normalized spacial score (nSPS) is 13.9. The van der Waals surface area contributed by atoms with Gasteiger partial charge in [0.1, 0.15) is 0 Å². The number of hydrogen-bond donors (Lipinski definition) is 0. The molecule has 0 bridgehead atoms. The van der Waals surface area contributed by atoms with Gasteiger partial charge in [-0.25, -0.2) is 0 Å². The molecule has 0 saturated carbocycles. The molecule has 10 aromatic carbocycles. The van der Waals surface area contributed by atoms with E-state index < -0.39 is 0 Å². The van der Waals surface area contributed by atoms with Crippen LogP contribution in [-0.2, 0) is 12.8 Å². The highest BCUT2D eigenvalue weighted by Crippen LogP contribution is 2.50. The van der Waals surface area contributed by atoms with Gasteiger partial charge >= 0.3 is 0 Å². The lowest BCUT2D eigenvalue weighted by Gasteiger charge is -2.25. The van der Waals surface area contributed by atoms with Crippen LogP contribution in [0.3, 0.4) is 0 Å². The molecule has 0 saturated heterocycles. The molecule has 10 aromatic rings. The molecule has 0 amide bonds. The first kappa shape index (κ1) is 26.7. The maximum absolute atomic E-state index is 2.46. The van der Waals surface area contributed by atoms with E-state index in [0.717, 1.165) is 12.8 Å². The zero-order chi connectivity index (χ0) is 32.5. The summed E-state index contributed by atoms with van der Waals surface area (Å²) in [6.07, 6.45) is 9.04. The van der Waals surface area contributed by atoms with Crippen molar-refractivity contribution in [2.45, 2.75) is 12.8 Å². The van der Waals surface area contributed by atoms with Crippen LogP contribution < -0.4 is 0 Å². The number of fused-ring (bicyclic) bond motifs is 3. The van der Waals surface area contributed by atoms with Gasteiger partial charge in [-0.2, -0.15) is 0 Å². The molecule has 2 aliphatic carbocycles. The van der Waals surface area contributed by atoms with Crippen molar-refractivity contribution in [3.63, 3.8) is 0 Å². The summed E-state index contributed by atoms with van der Waals surface area (Å²) in [6.45, 7) is 0. The molecule has 0 radical (unpaired) electrons. The number of hydrogen-bond acceptors (Lipinski definition) is 0. The molecule has 0 aromatic heterocycles. The lowest BCUT2D eigenvalue weighted by atomic mass is 9.78. The van der Waals surface area contributed by atoms with Crippen LogP contribution in [0.5, 0.6) is 0 Å². The Labute approximate surface area is 289 Å². The maximum atomic E-state index is 2.46. The largest absolute Gasteiger partial charge is 0.0795 e. The third-order valence-corrected chi connectivity index (χ3v) is 11.8. The highest BCUT2D eigenvalue weighted by atomic mass is 14.3. The maximum Gasteiger partial charge on any atom is -0.00199 e. The molecule has 0 N–H and O–H groups in total. The van der Waals surface area contributed by atoms with Crippen LogP contribution in [0.1, 0.15) is 16.7 Å². The van der Waals surface area contributed by atoms with Crippen molar-refractivity contribution in [1.29, 1.82) is 0 Å². The molecule has 0 spiro atoms. The Kier molecular flexibility index (Phi) is 5.17. The van der Waals surface area contributed by atoms with Crippen LogP contribution in [0.15, 0.2) is 158 Å². The Morgan fingerprint density at radius 3 is 1.64 bits per heavy atom. The number of benzene rings is 10. The van der Waals surface area contributed by atoms with Crippen LogP contribution in [0, 0.1) is 0 Å². The molecule has 50 heavy (non-hydrogen) atoms. The van der Waals surface area contributed by atoms with E-state index in [2.05, 4.69) is 158 Å². The van der Waals surface area contributed by atoms with Gasteiger partial charge in [-0.15, -0.1) is 0 Å². The Morgan fingerprint density at radius 1 is 0.340 bits per heavy atom. The van der Waals surface area contributed by atoms with E-state index >= 15 is 0 Å². The number of rotatable bonds is 2. The third kappa shape index (κ3) is 3.45. The fourth-order valence-corrected chi connectivity index (χ4v) is 9.63. The molecular formula is C50H30. The second-order valence-corrected chi connectivity index (χ2v) is 14.3. The summed E-state index contributed by atoms with van der Waals surface area (Å²) in [6, 6.07) is 53.2. The van der Waals surface area contributed by atoms with Gasteiger partial charge < -0.3 is 0 Å². The second-order valence-electron chi connectivity index (χ2n) is 14.3. The lowest BCUT2D eigenvalue weighted by molar-refractivity contribution is 1.20. The first-order valence-electron chi connectivity index (χ1n) is 17.8. The summed E-state index contributed by atoms with van der Waals surface area (Å²) in [7, 11) is 0. The van der Waals surface area contributed by atoms with Gasteiger partial charge in [-0.05, 0) is 145 Å². The summed E-state index contributed by atoms with van der Waals surface area (Å²) in [5, 5.41) is 18.5. The quantitative estimate of drug-likeness (QED) is 0.132. The van der Waals surface area contributed by atoms with Gasteiger partial charge in [0.2, 0.25) is 0 Å². The van der Waals surface area contributed by atoms with E-state index in [-0.39, 0.29) is 0 Å². The van der Waals surface area contributed by atoms with Crippen molar-refractivity contribution in [2.24, 2.45) is 0 Å². The van der Waals surface area contributed by atoms with Crippen molar-refractivity contribution in [3.8, 4) is 22.3 Å². The number of allylic oxidation sites excluding steroid dienone is 4. The molecule has 2 aliphatic rings. The van der Waals surface area contributed by atoms with E-state index in [9.17, 15) is 0 Å². The minimum Gasteiger partial charge on any atom is -0.0795 e. The minimum atomic E-state index is 0.979. The predicted octanol–water partition coefficient (Wildman–Crippen LogP) is 13.6. The molecule has 0 heterocycles. The first-order chi connectivity index (χ1) is 24.8. The van der Waals surface area contributed by atoms with Crippen LogP contribution in [0.4, 0.5) is 0 Å². The van der Waals surface area contributed by atoms with Crippen molar-refractivity contribution in [3.05, 3.63) is 174 Å². The van der Waals surface area contributed by atoms with Gasteiger partial charge in [0.05, 0.1) is 0 Å². The second kappa shape index (κ2) is 9.68. The molecule has 0 fully saturated rings. The van der Waals surface area contributed by atoms with E-state index in [1.54, 1.807) is 0 Å². The summed E-state index contributed by atoms with van der Waals surface area (Å²) < 4.78 is 0. The van der Waals surface area contributed by atoms with Crippen LogP contribution in [0.2, 0.25) is 0 Å². The molecule has 12 rings (SSSR count). The van der Waals surface area contributed by atoms with Gasteiger partial charge in [0.15, 0.2) is 0 Å². The third-order valence-electron chi connectivity index (χ3n) is 11.8. The van der Waals surface area contributed by atoms with Crippen molar-refractivity contribution >= 4 is 81.0 Å². The highest BCUT2D eigenvalue weighted by Gasteiger charge is 2.24. The Bertz CT molecular complexity index is 3170. The topological polar surface area (TPSA) is 0 Å². The van der Waals surface area contributed by atoms with E-state index in [1.807, 2.05) is 0 Å². The monoisotopic (exact) mass is 630 g/mol. The van der Waals surface area contributed by atoms with Gasteiger partial charge in [0, 0.05) is 0 Å². The standard InChI is InChI=1S/C50H30/c1-2-8-36-28-44-43(27-35(36)7-1)49(41-25-21-33-17-15-29-9-5-11-31-19-23-39(41)47(33)45(29)31)37-13-3-4-14-38(37)50(44)42-26-22-34-18-16-30-10-6-12-32-20-24-40(42)48(34)46(30)32/h1-11,13-17,19-28H,12,18H2. The zero-order valence-electron chi connectivity index (χ0n) is 27.4. The van der Waals surface area contributed by atoms with Gasteiger partial charge in [0.25, 0.3) is 0 Å². The van der Waals surface area contributed by atoms with Crippen LogP contribution in [-0.4, -0.2) is 0 Å². The van der Waals surface area contributed by atoms with E-state index in [1.165, 1.54) is 120 Å². The smallest absolute Gasteiger partial charge is 0.00199 e. The molecule has 230 valence electrons. The SMILES string of the molecule is C1=CC2=CCc3ccc(-c4c5ccccc5c(-c5ccc6ccc7cccc8ccc5c6c78)c5cc6ccccc6cc45)c4ccc(c2c34)C1. The highest BCUT2D eigenvalue weighted by molar-refractivity contribution is 6.31. The molecule has 0 atom stereocenters. The molecule has 0 aliphatic heterocycles.